The van der Waals surface area contributed by atoms with E-state index in [2.05, 4.69) is 0 Å². The Bertz CT molecular complexity index is 838. The summed E-state index contributed by atoms with van der Waals surface area (Å²) in [5, 5.41) is 20.9. The average Bonchev–Trinajstić information content (AvgIpc) is 2.60. The SMILES string of the molecule is COc1cccc(CN(CC(=O)O)C(=O)c2ccc(Cl)cc2)c1[N+](=O)[O-]. The van der Waals surface area contributed by atoms with Gasteiger partial charge in [0, 0.05) is 10.6 Å². The molecule has 0 saturated heterocycles. The Balaban J connectivity index is 2.40. The molecular formula is C17H15ClN2O6. The molecular weight excluding hydrogens is 364 g/mol. The Morgan fingerprint density at radius 2 is 1.88 bits per heavy atom. The number of rotatable bonds is 7. The lowest BCUT2D eigenvalue weighted by atomic mass is 10.1. The van der Waals surface area contributed by atoms with Gasteiger partial charge in [0.05, 0.1) is 24.1 Å². The van der Waals surface area contributed by atoms with Crippen LogP contribution in [0, 0.1) is 10.1 Å². The molecule has 0 heterocycles. The summed E-state index contributed by atoms with van der Waals surface area (Å²) in [6.07, 6.45) is 0. The first-order valence-electron chi connectivity index (χ1n) is 7.40. The molecule has 0 aromatic heterocycles. The smallest absolute Gasteiger partial charge is 0.323 e. The van der Waals surface area contributed by atoms with Crippen molar-refractivity contribution in [3.05, 3.63) is 68.7 Å². The molecule has 26 heavy (non-hydrogen) atoms. The van der Waals surface area contributed by atoms with E-state index in [1.165, 1.54) is 49.6 Å². The van der Waals surface area contributed by atoms with Gasteiger partial charge in [0.2, 0.25) is 0 Å². The van der Waals surface area contributed by atoms with Crippen molar-refractivity contribution < 1.29 is 24.4 Å². The van der Waals surface area contributed by atoms with Crippen LogP contribution >= 0.6 is 11.6 Å². The highest BCUT2D eigenvalue weighted by molar-refractivity contribution is 6.30. The van der Waals surface area contributed by atoms with Gasteiger partial charge in [-0.3, -0.25) is 19.7 Å². The Hall–Kier alpha value is -3.13. The Kier molecular flexibility index (Phi) is 6.13. The van der Waals surface area contributed by atoms with Gasteiger partial charge in [-0.25, -0.2) is 0 Å². The van der Waals surface area contributed by atoms with Crippen LogP contribution in [0.15, 0.2) is 42.5 Å². The van der Waals surface area contributed by atoms with E-state index in [0.717, 1.165) is 4.90 Å². The highest BCUT2D eigenvalue weighted by Crippen LogP contribution is 2.31. The van der Waals surface area contributed by atoms with Crippen LogP contribution < -0.4 is 4.74 Å². The summed E-state index contributed by atoms with van der Waals surface area (Å²) in [6, 6.07) is 10.3. The van der Waals surface area contributed by atoms with Crippen LogP contribution in [0.1, 0.15) is 15.9 Å². The molecule has 0 atom stereocenters. The number of para-hydroxylation sites is 1. The number of carbonyl (C=O) groups excluding carboxylic acids is 1. The Morgan fingerprint density at radius 1 is 1.23 bits per heavy atom. The lowest BCUT2D eigenvalue weighted by Gasteiger charge is -2.21. The number of nitro groups is 1. The molecule has 2 aromatic carbocycles. The van der Waals surface area contributed by atoms with E-state index in [1.807, 2.05) is 0 Å². The quantitative estimate of drug-likeness (QED) is 0.585. The molecule has 136 valence electrons. The van der Waals surface area contributed by atoms with Crippen LogP contribution in [0.2, 0.25) is 5.02 Å². The third-order valence-corrected chi connectivity index (χ3v) is 3.80. The van der Waals surface area contributed by atoms with Gasteiger partial charge in [-0.2, -0.15) is 0 Å². The maximum absolute atomic E-state index is 12.7. The monoisotopic (exact) mass is 378 g/mol. The number of benzene rings is 2. The second kappa shape index (κ2) is 8.30. The van der Waals surface area contributed by atoms with Gasteiger partial charge in [-0.15, -0.1) is 0 Å². The minimum absolute atomic E-state index is 0.0294. The largest absolute Gasteiger partial charge is 0.490 e. The van der Waals surface area contributed by atoms with E-state index in [1.54, 1.807) is 0 Å². The fraction of sp³-hybridized carbons (Fsp3) is 0.176. The number of carbonyl (C=O) groups is 2. The topological polar surface area (TPSA) is 110 Å². The number of amides is 1. The molecule has 2 aromatic rings. The van der Waals surface area contributed by atoms with Crippen LogP contribution in [0.4, 0.5) is 5.69 Å². The fourth-order valence-corrected chi connectivity index (χ4v) is 2.54. The number of aliphatic carboxylic acids is 1. The molecule has 0 fully saturated rings. The molecule has 2 rings (SSSR count). The van der Waals surface area contributed by atoms with E-state index in [9.17, 15) is 19.7 Å². The van der Waals surface area contributed by atoms with Gasteiger partial charge in [-0.1, -0.05) is 23.7 Å². The molecule has 8 nitrogen and oxygen atoms in total. The van der Waals surface area contributed by atoms with E-state index >= 15 is 0 Å². The number of hydrogen-bond donors (Lipinski definition) is 1. The third kappa shape index (κ3) is 4.48. The van der Waals surface area contributed by atoms with Gasteiger partial charge in [-0.05, 0) is 30.3 Å². The van der Waals surface area contributed by atoms with Crippen molar-refractivity contribution in [3.63, 3.8) is 0 Å². The fourth-order valence-electron chi connectivity index (χ4n) is 2.41. The molecule has 0 unspecified atom stereocenters. The maximum atomic E-state index is 12.7. The molecule has 0 radical (unpaired) electrons. The molecule has 0 aliphatic rings. The normalized spacial score (nSPS) is 10.2. The zero-order chi connectivity index (χ0) is 19.3. The molecule has 1 N–H and O–H groups in total. The van der Waals surface area contributed by atoms with Crippen LogP contribution in [-0.2, 0) is 11.3 Å². The first-order valence-corrected chi connectivity index (χ1v) is 7.78. The second-order valence-corrected chi connectivity index (χ2v) is 5.72. The van der Waals surface area contributed by atoms with Gasteiger partial charge in [0.15, 0.2) is 5.75 Å². The van der Waals surface area contributed by atoms with Gasteiger partial charge in [0.25, 0.3) is 5.91 Å². The zero-order valence-corrected chi connectivity index (χ0v) is 14.5. The number of carboxylic acid groups (broad SMARTS) is 1. The van der Waals surface area contributed by atoms with Crippen molar-refractivity contribution in [2.24, 2.45) is 0 Å². The van der Waals surface area contributed by atoms with Crippen molar-refractivity contribution in [1.82, 2.24) is 4.90 Å². The van der Waals surface area contributed by atoms with Crippen molar-refractivity contribution in [2.75, 3.05) is 13.7 Å². The number of carboxylic acids is 1. The Labute approximate surface area is 153 Å². The van der Waals surface area contributed by atoms with Crippen LogP contribution in [0.25, 0.3) is 0 Å². The minimum atomic E-state index is -1.24. The van der Waals surface area contributed by atoms with Crippen molar-refractivity contribution in [2.45, 2.75) is 6.54 Å². The summed E-state index contributed by atoms with van der Waals surface area (Å²) in [5.74, 6) is -1.79. The van der Waals surface area contributed by atoms with Crippen LogP contribution in [-0.4, -0.2) is 40.5 Å². The van der Waals surface area contributed by atoms with E-state index in [-0.39, 0.29) is 29.1 Å². The lowest BCUT2D eigenvalue weighted by molar-refractivity contribution is -0.386. The summed E-state index contributed by atoms with van der Waals surface area (Å²) in [6.45, 7) is -0.878. The van der Waals surface area contributed by atoms with Crippen molar-refractivity contribution in [1.29, 1.82) is 0 Å². The molecule has 0 aliphatic heterocycles. The van der Waals surface area contributed by atoms with Crippen LogP contribution in [0.5, 0.6) is 5.75 Å². The molecule has 0 saturated carbocycles. The average molecular weight is 379 g/mol. The van der Waals surface area contributed by atoms with Crippen molar-refractivity contribution in [3.8, 4) is 5.75 Å². The lowest BCUT2D eigenvalue weighted by Crippen LogP contribution is -2.35. The molecule has 0 aliphatic carbocycles. The zero-order valence-electron chi connectivity index (χ0n) is 13.7. The summed E-state index contributed by atoms with van der Waals surface area (Å²) >= 11 is 5.79. The number of methoxy groups -OCH3 is 1. The minimum Gasteiger partial charge on any atom is -0.490 e. The van der Waals surface area contributed by atoms with Crippen molar-refractivity contribution >= 4 is 29.2 Å². The standard InChI is InChI=1S/C17H15ClN2O6/c1-26-14-4-2-3-12(16(14)20(24)25)9-19(10-15(21)22)17(23)11-5-7-13(18)8-6-11/h2-8H,9-10H2,1H3,(H,21,22). The van der Waals surface area contributed by atoms with E-state index in [4.69, 9.17) is 21.4 Å². The first-order chi connectivity index (χ1) is 12.3. The molecule has 0 spiro atoms. The molecule has 0 bridgehead atoms. The summed E-state index contributed by atoms with van der Waals surface area (Å²) in [4.78, 5) is 35.6. The molecule has 1 amide bonds. The highest BCUT2D eigenvalue weighted by Gasteiger charge is 2.25. The highest BCUT2D eigenvalue weighted by atomic mass is 35.5. The van der Waals surface area contributed by atoms with Gasteiger partial charge < -0.3 is 14.7 Å². The van der Waals surface area contributed by atoms with E-state index < -0.39 is 23.3 Å². The van der Waals surface area contributed by atoms with Crippen LogP contribution in [0.3, 0.4) is 0 Å². The van der Waals surface area contributed by atoms with Gasteiger partial charge in [0.1, 0.15) is 6.54 Å². The summed E-state index contributed by atoms with van der Waals surface area (Å²) < 4.78 is 4.99. The predicted molar refractivity (Wildman–Crippen MR) is 93.5 cm³/mol. The number of halogens is 1. The molecule has 9 heteroatoms. The summed E-state index contributed by atoms with van der Waals surface area (Å²) in [5.41, 5.74) is 0.0772. The number of nitrogens with zero attached hydrogens (tertiary/aromatic N) is 2. The second-order valence-electron chi connectivity index (χ2n) is 5.29. The number of hydrogen-bond acceptors (Lipinski definition) is 5. The third-order valence-electron chi connectivity index (χ3n) is 3.55. The van der Waals surface area contributed by atoms with Gasteiger partial charge >= 0.3 is 11.7 Å². The number of ether oxygens (including phenoxy) is 1. The maximum Gasteiger partial charge on any atom is 0.323 e. The van der Waals surface area contributed by atoms with E-state index in [0.29, 0.717) is 5.02 Å². The number of nitro benzene ring substituents is 1. The first kappa shape index (κ1) is 19.2. The predicted octanol–water partition coefficient (Wildman–Crippen LogP) is 2.98. The Morgan fingerprint density at radius 3 is 2.42 bits per heavy atom. The summed E-state index contributed by atoms with van der Waals surface area (Å²) in [7, 11) is 1.29.